The zero-order valence-corrected chi connectivity index (χ0v) is 9.54. The third-order valence-corrected chi connectivity index (χ3v) is 2.79. The van der Waals surface area contributed by atoms with E-state index >= 15 is 0 Å². The van der Waals surface area contributed by atoms with Gasteiger partial charge in [-0.2, -0.15) is 5.10 Å². The summed E-state index contributed by atoms with van der Waals surface area (Å²) in [7, 11) is 0. The van der Waals surface area contributed by atoms with Gasteiger partial charge >= 0.3 is 0 Å². The first-order valence-electron chi connectivity index (χ1n) is 5.60. The third-order valence-electron chi connectivity index (χ3n) is 2.79. The second-order valence-electron chi connectivity index (χ2n) is 3.83. The minimum Gasteiger partial charge on any atom is -0.265 e. The van der Waals surface area contributed by atoms with Gasteiger partial charge < -0.3 is 0 Å². The highest BCUT2D eigenvalue weighted by molar-refractivity contribution is 5.80. The molecule has 0 bridgehead atoms. The summed E-state index contributed by atoms with van der Waals surface area (Å²) in [4.78, 5) is 8.48. The van der Waals surface area contributed by atoms with Gasteiger partial charge in [-0.25, -0.2) is 9.67 Å². The summed E-state index contributed by atoms with van der Waals surface area (Å²) in [6.07, 6.45) is 7.31. The second-order valence-corrected chi connectivity index (χ2v) is 3.83. The first-order valence-corrected chi connectivity index (χ1v) is 5.60. The molecule has 0 fully saturated rings. The van der Waals surface area contributed by atoms with Gasteiger partial charge in [-0.3, -0.25) is 4.98 Å². The van der Waals surface area contributed by atoms with Gasteiger partial charge in [0.1, 0.15) is 0 Å². The number of rotatable bonds is 2. The number of aryl methyl sites for hydroxylation is 1. The van der Waals surface area contributed by atoms with Crippen molar-refractivity contribution in [1.29, 1.82) is 0 Å². The van der Waals surface area contributed by atoms with E-state index in [-0.39, 0.29) is 0 Å². The van der Waals surface area contributed by atoms with Gasteiger partial charge in [-0.1, -0.05) is 0 Å². The van der Waals surface area contributed by atoms with E-state index in [2.05, 4.69) is 28.1 Å². The fourth-order valence-electron chi connectivity index (χ4n) is 1.91. The first kappa shape index (κ1) is 9.96. The summed E-state index contributed by atoms with van der Waals surface area (Å²) in [5.41, 5.74) is 3.15. The van der Waals surface area contributed by atoms with E-state index in [1.54, 1.807) is 12.4 Å². The van der Waals surface area contributed by atoms with Crippen molar-refractivity contribution >= 4 is 11.0 Å². The van der Waals surface area contributed by atoms with Crippen LogP contribution in [0, 0.1) is 0 Å². The molecular weight excluding hydrogens is 212 g/mol. The van der Waals surface area contributed by atoms with Crippen LogP contribution in [0.3, 0.4) is 0 Å². The van der Waals surface area contributed by atoms with Crippen LogP contribution in [0.15, 0.2) is 43.0 Å². The summed E-state index contributed by atoms with van der Waals surface area (Å²) < 4.78 is 1.89. The van der Waals surface area contributed by atoms with Crippen molar-refractivity contribution in [3.05, 3.63) is 43.0 Å². The van der Waals surface area contributed by atoms with Crippen LogP contribution in [0.2, 0.25) is 0 Å². The van der Waals surface area contributed by atoms with Gasteiger partial charge in [0.05, 0.1) is 6.20 Å². The van der Waals surface area contributed by atoms with Gasteiger partial charge in [0.25, 0.3) is 0 Å². The number of pyridine rings is 2. The molecule has 0 saturated heterocycles. The molecule has 0 radical (unpaired) electrons. The topological polar surface area (TPSA) is 43.6 Å². The summed E-state index contributed by atoms with van der Waals surface area (Å²) in [6.45, 7) is 2.90. The molecular formula is C13H12N4. The molecule has 3 rings (SSSR count). The van der Waals surface area contributed by atoms with Crippen LogP contribution in [0.5, 0.6) is 0 Å². The SMILES string of the molecule is CCn1ncc2cc(-c3ccncc3)cnc21. The largest absolute Gasteiger partial charge is 0.265 e. The van der Waals surface area contributed by atoms with E-state index in [9.17, 15) is 0 Å². The van der Waals surface area contributed by atoms with Crippen LogP contribution in [-0.2, 0) is 6.54 Å². The zero-order valence-electron chi connectivity index (χ0n) is 9.54. The molecule has 0 aliphatic rings. The molecule has 0 aromatic carbocycles. The Labute approximate surface area is 98.9 Å². The molecule has 3 aromatic heterocycles. The highest BCUT2D eigenvalue weighted by atomic mass is 15.3. The van der Waals surface area contributed by atoms with Gasteiger partial charge in [0.15, 0.2) is 5.65 Å². The van der Waals surface area contributed by atoms with Gasteiger partial charge in [-0.15, -0.1) is 0 Å². The van der Waals surface area contributed by atoms with E-state index in [1.807, 2.05) is 29.2 Å². The zero-order chi connectivity index (χ0) is 11.7. The van der Waals surface area contributed by atoms with Gasteiger partial charge in [0.2, 0.25) is 0 Å². The fourth-order valence-corrected chi connectivity index (χ4v) is 1.91. The predicted octanol–water partition coefficient (Wildman–Crippen LogP) is 2.51. The molecule has 3 aromatic rings. The van der Waals surface area contributed by atoms with Crippen molar-refractivity contribution in [2.45, 2.75) is 13.5 Å². The summed E-state index contributed by atoms with van der Waals surface area (Å²) in [6, 6.07) is 6.07. The van der Waals surface area contributed by atoms with Crippen molar-refractivity contribution in [2.24, 2.45) is 0 Å². The quantitative estimate of drug-likeness (QED) is 0.671. The highest BCUT2D eigenvalue weighted by Gasteiger charge is 2.04. The van der Waals surface area contributed by atoms with Crippen molar-refractivity contribution in [3.63, 3.8) is 0 Å². The van der Waals surface area contributed by atoms with Crippen LogP contribution in [0.4, 0.5) is 0 Å². The Morgan fingerprint density at radius 3 is 2.71 bits per heavy atom. The maximum absolute atomic E-state index is 4.47. The lowest BCUT2D eigenvalue weighted by molar-refractivity contribution is 0.677. The Kier molecular flexibility index (Phi) is 2.33. The predicted molar refractivity (Wildman–Crippen MR) is 66.4 cm³/mol. The molecule has 0 N–H and O–H groups in total. The van der Waals surface area contributed by atoms with Gasteiger partial charge in [0, 0.05) is 36.1 Å². The van der Waals surface area contributed by atoms with Gasteiger partial charge in [-0.05, 0) is 30.7 Å². The average Bonchev–Trinajstić information content (AvgIpc) is 2.81. The Morgan fingerprint density at radius 1 is 1.12 bits per heavy atom. The Bertz CT molecular complexity index is 643. The number of nitrogens with zero attached hydrogens (tertiary/aromatic N) is 4. The molecule has 0 spiro atoms. The fraction of sp³-hybridized carbons (Fsp3) is 0.154. The average molecular weight is 224 g/mol. The molecule has 4 heteroatoms. The van der Waals surface area contributed by atoms with Crippen LogP contribution < -0.4 is 0 Å². The molecule has 0 unspecified atom stereocenters. The molecule has 0 atom stereocenters. The summed E-state index contributed by atoms with van der Waals surface area (Å²) in [5, 5.41) is 5.36. The Hall–Kier alpha value is -2.23. The lowest BCUT2D eigenvalue weighted by atomic mass is 10.1. The monoisotopic (exact) mass is 224 g/mol. The highest BCUT2D eigenvalue weighted by Crippen LogP contribution is 2.21. The standard InChI is InChI=1S/C13H12N4/c1-2-17-13-12(9-16-17)7-11(8-15-13)10-3-5-14-6-4-10/h3-9H,2H2,1H3. The molecule has 84 valence electrons. The Balaban J connectivity index is 2.15. The lowest BCUT2D eigenvalue weighted by Crippen LogP contribution is -1.96. The van der Waals surface area contributed by atoms with Crippen LogP contribution in [-0.4, -0.2) is 19.7 Å². The smallest absolute Gasteiger partial charge is 0.157 e. The van der Waals surface area contributed by atoms with E-state index in [4.69, 9.17) is 0 Å². The van der Waals surface area contributed by atoms with Crippen LogP contribution in [0.25, 0.3) is 22.2 Å². The summed E-state index contributed by atoms with van der Waals surface area (Å²) in [5.74, 6) is 0. The minimum atomic E-state index is 0.838. The Morgan fingerprint density at radius 2 is 1.94 bits per heavy atom. The van der Waals surface area contributed by atoms with E-state index in [0.717, 1.165) is 28.7 Å². The molecule has 0 amide bonds. The maximum Gasteiger partial charge on any atom is 0.157 e. The van der Waals surface area contributed by atoms with Crippen molar-refractivity contribution < 1.29 is 0 Å². The number of fused-ring (bicyclic) bond motifs is 1. The molecule has 0 aliphatic carbocycles. The van der Waals surface area contributed by atoms with E-state index < -0.39 is 0 Å². The van der Waals surface area contributed by atoms with E-state index in [0.29, 0.717) is 0 Å². The number of aromatic nitrogens is 4. The molecule has 0 aliphatic heterocycles. The van der Waals surface area contributed by atoms with Crippen LogP contribution in [0.1, 0.15) is 6.92 Å². The van der Waals surface area contributed by atoms with Crippen LogP contribution >= 0.6 is 0 Å². The number of hydrogen-bond donors (Lipinski definition) is 0. The minimum absolute atomic E-state index is 0.838. The van der Waals surface area contributed by atoms with Crippen molar-refractivity contribution in [3.8, 4) is 11.1 Å². The normalized spacial score (nSPS) is 10.9. The first-order chi connectivity index (χ1) is 8.38. The second kappa shape index (κ2) is 3.97. The summed E-state index contributed by atoms with van der Waals surface area (Å²) >= 11 is 0. The molecule has 0 saturated carbocycles. The number of hydrogen-bond acceptors (Lipinski definition) is 3. The van der Waals surface area contributed by atoms with Crippen molar-refractivity contribution in [1.82, 2.24) is 19.7 Å². The lowest BCUT2D eigenvalue weighted by Gasteiger charge is -2.01. The van der Waals surface area contributed by atoms with Crippen molar-refractivity contribution in [2.75, 3.05) is 0 Å². The molecule has 3 heterocycles. The third kappa shape index (κ3) is 1.67. The van der Waals surface area contributed by atoms with E-state index in [1.165, 1.54) is 0 Å². The molecule has 17 heavy (non-hydrogen) atoms. The molecule has 4 nitrogen and oxygen atoms in total. The maximum atomic E-state index is 4.47.